The van der Waals surface area contributed by atoms with Crippen LogP contribution in [0.5, 0.6) is 0 Å². The molecule has 0 aliphatic rings. The second-order valence-corrected chi connectivity index (χ2v) is 8.11. The number of carbonyl (C=O) groups is 1. The summed E-state index contributed by atoms with van der Waals surface area (Å²) in [5, 5.41) is 11.2. The number of likely N-dealkylation sites (N-methyl/N-ethyl adjacent to an activating group) is 1. The second kappa shape index (κ2) is 8.32. The molecule has 140 valence electrons. The largest absolute Gasteiger partial charge is 0.395 e. The monoisotopic (exact) mass is 420 g/mol. The Morgan fingerprint density at radius 3 is 2.50 bits per heavy atom. The number of hydrogen-bond donors (Lipinski definition) is 2. The SMILES string of the molecule is CN(CCO)S(=O)(=O)c1cc(C(=O)Nc2ccc(F)c(Cl)c2)ccc1Cl. The number of rotatable bonds is 6. The summed E-state index contributed by atoms with van der Waals surface area (Å²) >= 11 is 11.6. The summed E-state index contributed by atoms with van der Waals surface area (Å²) in [6.07, 6.45) is 0. The quantitative estimate of drug-likeness (QED) is 0.751. The van der Waals surface area contributed by atoms with Crippen molar-refractivity contribution >= 4 is 44.8 Å². The number of aliphatic hydroxyl groups is 1. The molecule has 0 saturated carbocycles. The van der Waals surface area contributed by atoms with Crippen LogP contribution in [-0.2, 0) is 10.0 Å². The summed E-state index contributed by atoms with van der Waals surface area (Å²) in [6, 6.07) is 7.42. The molecule has 0 aromatic heterocycles. The van der Waals surface area contributed by atoms with Crippen LogP contribution in [0.25, 0.3) is 0 Å². The van der Waals surface area contributed by atoms with Gasteiger partial charge in [-0.05, 0) is 36.4 Å². The molecule has 0 aliphatic heterocycles. The van der Waals surface area contributed by atoms with Gasteiger partial charge in [0.15, 0.2) is 0 Å². The maximum absolute atomic E-state index is 13.2. The Hall–Kier alpha value is -1.71. The third-order valence-electron chi connectivity index (χ3n) is 3.47. The predicted octanol–water partition coefficient (Wildman–Crippen LogP) is 3.00. The molecule has 0 fully saturated rings. The van der Waals surface area contributed by atoms with Gasteiger partial charge in [-0.1, -0.05) is 23.2 Å². The maximum Gasteiger partial charge on any atom is 0.255 e. The first kappa shape index (κ1) is 20.6. The fourth-order valence-electron chi connectivity index (χ4n) is 2.05. The molecule has 26 heavy (non-hydrogen) atoms. The lowest BCUT2D eigenvalue weighted by Gasteiger charge is -2.17. The zero-order valence-electron chi connectivity index (χ0n) is 13.5. The highest BCUT2D eigenvalue weighted by atomic mass is 35.5. The molecule has 2 rings (SSSR count). The zero-order valence-corrected chi connectivity index (χ0v) is 15.9. The molecule has 1 amide bonds. The third-order valence-corrected chi connectivity index (χ3v) is 6.10. The van der Waals surface area contributed by atoms with E-state index in [1.807, 2.05) is 0 Å². The van der Waals surface area contributed by atoms with Gasteiger partial charge < -0.3 is 10.4 Å². The van der Waals surface area contributed by atoms with Gasteiger partial charge >= 0.3 is 0 Å². The number of sulfonamides is 1. The van der Waals surface area contributed by atoms with Crippen molar-refractivity contribution in [2.75, 3.05) is 25.5 Å². The molecule has 0 spiro atoms. The van der Waals surface area contributed by atoms with Crippen LogP contribution in [0.3, 0.4) is 0 Å². The Kier molecular flexibility index (Phi) is 6.59. The fraction of sp³-hybridized carbons (Fsp3) is 0.188. The van der Waals surface area contributed by atoms with Crippen molar-refractivity contribution in [3.8, 4) is 0 Å². The zero-order chi connectivity index (χ0) is 19.5. The van der Waals surface area contributed by atoms with E-state index < -0.39 is 21.7 Å². The van der Waals surface area contributed by atoms with Crippen LogP contribution in [0.1, 0.15) is 10.4 Å². The van der Waals surface area contributed by atoms with Crippen LogP contribution in [0.4, 0.5) is 10.1 Å². The fourth-order valence-corrected chi connectivity index (χ4v) is 3.89. The van der Waals surface area contributed by atoms with E-state index in [9.17, 15) is 17.6 Å². The molecule has 2 aromatic rings. The molecule has 10 heteroatoms. The molecule has 0 unspecified atom stereocenters. The van der Waals surface area contributed by atoms with E-state index in [1.54, 1.807) is 0 Å². The summed E-state index contributed by atoms with van der Waals surface area (Å²) in [5.74, 6) is -1.25. The standard InChI is InChI=1S/C16H15Cl2FN2O4S/c1-21(6-7-22)26(24,25)15-8-10(2-4-12(15)17)16(23)20-11-3-5-14(19)13(18)9-11/h2-5,8-9,22H,6-7H2,1H3,(H,20,23). The molecule has 0 aliphatic carbocycles. The first-order chi connectivity index (χ1) is 12.2. The Bertz CT molecular complexity index is 938. The summed E-state index contributed by atoms with van der Waals surface area (Å²) in [6.45, 7) is -0.484. The van der Waals surface area contributed by atoms with E-state index in [0.29, 0.717) is 0 Å². The number of amides is 1. The van der Waals surface area contributed by atoms with E-state index in [0.717, 1.165) is 16.4 Å². The molecule has 0 saturated heterocycles. The normalized spacial score (nSPS) is 11.6. The summed E-state index contributed by atoms with van der Waals surface area (Å²) in [4.78, 5) is 12.1. The van der Waals surface area contributed by atoms with Gasteiger partial charge in [0.1, 0.15) is 10.7 Å². The smallest absolute Gasteiger partial charge is 0.255 e. The number of halogens is 3. The molecule has 0 atom stereocenters. The molecule has 0 radical (unpaired) electrons. The Labute approximate surface area is 160 Å². The highest BCUT2D eigenvalue weighted by molar-refractivity contribution is 7.89. The average molecular weight is 421 g/mol. The number of anilines is 1. The molecule has 6 nitrogen and oxygen atoms in total. The maximum atomic E-state index is 13.2. The van der Waals surface area contributed by atoms with Gasteiger partial charge in [-0.25, -0.2) is 12.8 Å². The van der Waals surface area contributed by atoms with Gasteiger partial charge in [0.2, 0.25) is 10.0 Å². The molecule has 0 bridgehead atoms. The molecule has 0 heterocycles. The van der Waals surface area contributed by atoms with Crippen LogP contribution in [0.15, 0.2) is 41.3 Å². The molecular formula is C16H15Cl2FN2O4S. The van der Waals surface area contributed by atoms with Crippen molar-refractivity contribution < 1.29 is 22.7 Å². The van der Waals surface area contributed by atoms with Crippen LogP contribution >= 0.6 is 23.2 Å². The second-order valence-electron chi connectivity index (χ2n) is 5.28. The van der Waals surface area contributed by atoms with Crippen molar-refractivity contribution in [2.45, 2.75) is 4.90 Å². The molecule has 2 aromatic carbocycles. The van der Waals surface area contributed by atoms with Gasteiger partial charge in [-0.3, -0.25) is 4.79 Å². The summed E-state index contributed by atoms with van der Waals surface area (Å²) < 4.78 is 39.1. The Balaban J connectivity index is 2.33. The first-order valence-electron chi connectivity index (χ1n) is 7.30. The van der Waals surface area contributed by atoms with Crippen LogP contribution in [-0.4, -0.2) is 43.9 Å². The van der Waals surface area contributed by atoms with Crippen molar-refractivity contribution in [3.05, 3.63) is 57.8 Å². The Morgan fingerprint density at radius 2 is 1.88 bits per heavy atom. The van der Waals surface area contributed by atoms with Gasteiger partial charge in [-0.15, -0.1) is 0 Å². The lowest BCUT2D eigenvalue weighted by molar-refractivity contribution is 0.102. The van der Waals surface area contributed by atoms with Gasteiger partial charge in [0, 0.05) is 24.8 Å². The highest BCUT2D eigenvalue weighted by Gasteiger charge is 2.24. The number of aliphatic hydroxyl groups excluding tert-OH is 1. The van der Waals surface area contributed by atoms with Gasteiger partial charge in [0.25, 0.3) is 5.91 Å². The van der Waals surface area contributed by atoms with Crippen molar-refractivity contribution in [2.24, 2.45) is 0 Å². The number of nitrogens with one attached hydrogen (secondary N) is 1. The van der Waals surface area contributed by atoms with Crippen molar-refractivity contribution in [1.29, 1.82) is 0 Å². The number of nitrogens with zero attached hydrogens (tertiary/aromatic N) is 1. The van der Waals surface area contributed by atoms with Gasteiger partial charge in [0.05, 0.1) is 16.7 Å². The van der Waals surface area contributed by atoms with Gasteiger partial charge in [-0.2, -0.15) is 4.31 Å². The van der Waals surface area contributed by atoms with Crippen LogP contribution in [0, 0.1) is 5.82 Å². The minimum absolute atomic E-state index is 0.0332. The first-order valence-corrected chi connectivity index (χ1v) is 9.49. The predicted molar refractivity (Wildman–Crippen MR) is 97.7 cm³/mol. The third kappa shape index (κ3) is 4.52. The highest BCUT2D eigenvalue weighted by Crippen LogP contribution is 2.26. The molecular weight excluding hydrogens is 406 g/mol. The average Bonchev–Trinajstić information content (AvgIpc) is 2.58. The van der Waals surface area contributed by atoms with E-state index in [-0.39, 0.29) is 39.3 Å². The Morgan fingerprint density at radius 1 is 1.19 bits per heavy atom. The van der Waals surface area contributed by atoms with E-state index in [4.69, 9.17) is 28.3 Å². The minimum Gasteiger partial charge on any atom is -0.395 e. The summed E-state index contributed by atoms with van der Waals surface area (Å²) in [5.41, 5.74) is 0.281. The number of carbonyl (C=O) groups excluding carboxylic acids is 1. The van der Waals surface area contributed by atoms with Crippen LogP contribution < -0.4 is 5.32 Å². The number of benzene rings is 2. The number of hydrogen-bond acceptors (Lipinski definition) is 4. The lowest BCUT2D eigenvalue weighted by Crippen LogP contribution is -2.30. The minimum atomic E-state index is -3.98. The van der Waals surface area contributed by atoms with Crippen molar-refractivity contribution in [3.63, 3.8) is 0 Å². The van der Waals surface area contributed by atoms with E-state index in [2.05, 4.69) is 5.32 Å². The lowest BCUT2D eigenvalue weighted by atomic mass is 10.2. The van der Waals surface area contributed by atoms with E-state index >= 15 is 0 Å². The topological polar surface area (TPSA) is 86.7 Å². The van der Waals surface area contributed by atoms with E-state index in [1.165, 1.54) is 31.3 Å². The summed E-state index contributed by atoms with van der Waals surface area (Å²) in [7, 11) is -2.70. The van der Waals surface area contributed by atoms with Crippen LogP contribution in [0.2, 0.25) is 10.0 Å². The molecule has 2 N–H and O–H groups in total. The van der Waals surface area contributed by atoms with Crippen molar-refractivity contribution in [1.82, 2.24) is 4.31 Å².